The van der Waals surface area contributed by atoms with Gasteiger partial charge in [-0.1, -0.05) is 30.3 Å². The van der Waals surface area contributed by atoms with E-state index in [4.69, 9.17) is 9.68 Å². The molecule has 0 unspecified atom stereocenters. The Morgan fingerprint density at radius 2 is 1.83 bits per heavy atom. The Morgan fingerprint density at radius 3 is 2.61 bits per heavy atom. The molecule has 0 atom stereocenters. The summed E-state index contributed by atoms with van der Waals surface area (Å²) >= 11 is 2.80. The third kappa shape index (κ3) is 4.39. The Balaban J connectivity index is 1.19. The van der Waals surface area contributed by atoms with Gasteiger partial charge >= 0.3 is 0 Å². The first-order valence-electron chi connectivity index (χ1n) is 11.3. The number of aromatic nitrogens is 3. The molecule has 178 valence electrons. The standard InChI is InChI=1S/C26H18FN5O2S2/c27-24-16(19-9-8-18(35-19)15-4-2-1-3-5-15)6-7-17-25(24)36-23(29-17)13-22-32-31-21(34-22)12-20(33)30-26(14-28)10-11-26/h1-9H,10-13H2,(H,30,33). The molecule has 0 saturated heterocycles. The number of fused-ring (bicyclic) bond motifs is 1. The average Bonchev–Trinajstić information content (AvgIpc) is 3.24. The topological polar surface area (TPSA) is 105 Å². The Hall–Kier alpha value is -3.94. The first-order chi connectivity index (χ1) is 17.5. The van der Waals surface area contributed by atoms with E-state index in [-0.39, 0.29) is 30.5 Å². The zero-order valence-electron chi connectivity index (χ0n) is 18.8. The summed E-state index contributed by atoms with van der Waals surface area (Å²) in [6.07, 6.45) is 1.45. The summed E-state index contributed by atoms with van der Waals surface area (Å²) in [4.78, 5) is 18.6. The third-order valence-corrected chi connectivity index (χ3v) is 8.17. The van der Waals surface area contributed by atoms with Crippen molar-refractivity contribution in [2.75, 3.05) is 0 Å². The predicted octanol–water partition coefficient (Wildman–Crippen LogP) is 5.52. The summed E-state index contributed by atoms with van der Waals surface area (Å²) in [5.41, 5.74) is 1.47. The van der Waals surface area contributed by atoms with Crippen LogP contribution in [0.25, 0.3) is 31.1 Å². The second-order valence-corrected chi connectivity index (χ2v) is 10.8. The minimum atomic E-state index is -0.740. The first-order valence-corrected chi connectivity index (χ1v) is 12.9. The number of carbonyl (C=O) groups excluding carboxylic acids is 1. The predicted molar refractivity (Wildman–Crippen MR) is 135 cm³/mol. The lowest BCUT2D eigenvalue weighted by atomic mass is 10.1. The molecular formula is C26H18FN5O2S2. The molecule has 2 aromatic carbocycles. The van der Waals surface area contributed by atoms with Gasteiger partial charge in [-0.3, -0.25) is 4.79 Å². The van der Waals surface area contributed by atoms with Crippen LogP contribution in [0.4, 0.5) is 4.39 Å². The molecule has 1 aliphatic carbocycles. The van der Waals surface area contributed by atoms with E-state index in [0.717, 1.165) is 15.3 Å². The summed E-state index contributed by atoms with van der Waals surface area (Å²) in [6, 6.07) is 19.7. The van der Waals surface area contributed by atoms with E-state index in [1.54, 1.807) is 17.4 Å². The largest absolute Gasteiger partial charge is 0.424 e. The highest BCUT2D eigenvalue weighted by Gasteiger charge is 2.44. The molecule has 0 radical (unpaired) electrons. The van der Waals surface area contributed by atoms with Gasteiger partial charge in [-0.25, -0.2) is 9.37 Å². The second-order valence-electron chi connectivity index (χ2n) is 8.60. The SMILES string of the molecule is N#CC1(NC(=O)Cc2nnc(Cc3nc4ccc(-c5ccc(-c6ccccc6)s5)c(F)c4s3)o2)CC1. The number of carbonyl (C=O) groups is 1. The lowest BCUT2D eigenvalue weighted by Gasteiger charge is -2.06. The summed E-state index contributed by atoms with van der Waals surface area (Å²) < 4.78 is 21.6. The molecule has 36 heavy (non-hydrogen) atoms. The molecule has 1 fully saturated rings. The van der Waals surface area contributed by atoms with E-state index in [1.165, 1.54) is 11.3 Å². The third-order valence-electron chi connectivity index (χ3n) is 5.94. The molecule has 3 heterocycles. The monoisotopic (exact) mass is 515 g/mol. The summed E-state index contributed by atoms with van der Waals surface area (Å²) in [5, 5.41) is 20.4. The summed E-state index contributed by atoms with van der Waals surface area (Å²) in [7, 11) is 0. The van der Waals surface area contributed by atoms with Crippen LogP contribution in [0.2, 0.25) is 0 Å². The van der Waals surface area contributed by atoms with Crippen molar-refractivity contribution in [1.82, 2.24) is 20.5 Å². The summed E-state index contributed by atoms with van der Waals surface area (Å²) in [5.74, 6) is -0.169. The Labute approximate surface area is 213 Å². The van der Waals surface area contributed by atoms with E-state index in [2.05, 4.69) is 26.6 Å². The number of hydrogen-bond donors (Lipinski definition) is 1. The number of benzene rings is 2. The number of nitrogens with zero attached hydrogens (tertiary/aromatic N) is 4. The van der Waals surface area contributed by atoms with Gasteiger partial charge in [0.1, 0.15) is 17.0 Å². The van der Waals surface area contributed by atoms with Crippen LogP contribution in [0, 0.1) is 17.1 Å². The lowest BCUT2D eigenvalue weighted by molar-refractivity contribution is -0.121. The van der Waals surface area contributed by atoms with Crippen LogP contribution in [0.1, 0.15) is 29.6 Å². The van der Waals surface area contributed by atoms with Crippen molar-refractivity contribution < 1.29 is 13.6 Å². The van der Waals surface area contributed by atoms with E-state index in [0.29, 0.717) is 39.5 Å². The van der Waals surface area contributed by atoms with Crippen molar-refractivity contribution in [2.24, 2.45) is 0 Å². The molecule has 7 nitrogen and oxygen atoms in total. The zero-order chi connectivity index (χ0) is 24.7. The quantitative estimate of drug-likeness (QED) is 0.306. The maximum atomic E-state index is 15.5. The van der Waals surface area contributed by atoms with Gasteiger partial charge in [0.15, 0.2) is 5.82 Å². The van der Waals surface area contributed by atoms with Gasteiger partial charge in [0, 0.05) is 15.3 Å². The number of nitrogens with one attached hydrogen (secondary N) is 1. The fourth-order valence-corrected chi connectivity index (χ4v) is 5.93. The Kier molecular flexibility index (Phi) is 5.59. The number of amides is 1. The van der Waals surface area contributed by atoms with Crippen LogP contribution in [-0.4, -0.2) is 26.6 Å². The van der Waals surface area contributed by atoms with Gasteiger partial charge in [-0.05, 0) is 42.7 Å². The van der Waals surface area contributed by atoms with Gasteiger partial charge in [0.25, 0.3) is 0 Å². The lowest BCUT2D eigenvalue weighted by Crippen LogP contribution is -2.36. The van der Waals surface area contributed by atoms with Crippen LogP contribution in [0.5, 0.6) is 0 Å². The van der Waals surface area contributed by atoms with Crippen molar-refractivity contribution in [3.63, 3.8) is 0 Å². The van der Waals surface area contributed by atoms with E-state index in [1.807, 2.05) is 48.5 Å². The molecule has 10 heteroatoms. The van der Waals surface area contributed by atoms with Gasteiger partial charge in [0.05, 0.1) is 22.7 Å². The second kappa shape index (κ2) is 8.93. The molecule has 0 aliphatic heterocycles. The minimum Gasteiger partial charge on any atom is -0.424 e. The number of hydrogen-bond acceptors (Lipinski definition) is 8. The van der Waals surface area contributed by atoms with Gasteiger partial charge in [-0.2, -0.15) is 5.26 Å². The van der Waals surface area contributed by atoms with Gasteiger partial charge < -0.3 is 9.73 Å². The molecular weight excluding hydrogens is 497 g/mol. The normalized spacial score (nSPS) is 14.0. The molecule has 1 saturated carbocycles. The van der Waals surface area contributed by atoms with Crippen molar-refractivity contribution >= 4 is 38.8 Å². The zero-order valence-corrected chi connectivity index (χ0v) is 20.5. The highest BCUT2D eigenvalue weighted by Crippen LogP contribution is 2.39. The number of nitriles is 1. The van der Waals surface area contributed by atoms with Crippen LogP contribution in [-0.2, 0) is 17.6 Å². The molecule has 3 aromatic heterocycles. The number of rotatable bonds is 7. The highest BCUT2D eigenvalue weighted by atomic mass is 32.1. The van der Waals surface area contributed by atoms with Gasteiger partial charge in [-0.15, -0.1) is 32.9 Å². The van der Waals surface area contributed by atoms with Gasteiger partial charge in [0.2, 0.25) is 17.7 Å². The maximum Gasteiger partial charge on any atom is 0.230 e. The fourth-order valence-electron chi connectivity index (χ4n) is 3.91. The molecule has 6 rings (SSSR count). The smallest absolute Gasteiger partial charge is 0.230 e. The highest BCUT2D eigenvalue weighted by molar-refractivity contribution is 7.19. The number of halogens is 1. The van der Waals surface area contributed by atoms with Crippen molar-refractivity contribution in [2.45, 2.75) is 31.2 Å². The Morgan fingerprint density at radius 1 is 1.06 bits per heavy atom. The molecule has 0 spiro atoms. The summed E-state index contributed by atoms with van der Waals surface area (Å²) in [6.45, 7) is 0. The van der Waals surface area contributed by atoms with Crippen LogP contribution in [0.15, 0.2) is 59.0 Å². The molecule has 5 aromatic rings. The molecule has 1 N–H and O–H groups in total. The molecule has 1 aliphatic rings. The fraction of sp³-hybridized carbons (Fsp3) is 0.192. The molecule has 1 amide bonds. The van der Waals surface area contributed by atoms with Crippen LogP contribution >= 0.6 is 22.7 Å². The minimum absolute atomic E-state index is 0.0972. The van der Waals surface area contributed by atoms with E-state index < -0.39 is 5.54 Å². The van der Waals surface area contributed by atoms with Crippen LogP contribution < -0.4 is 5.32 Å². The van der Waals surface area contributed by atoms with E-state index >= 15 is 4.39 Å². The molecule has 0 bridgehead atoms. The van der Waals surface area contributed by atoms with Crippen molar-refractivity contribution in [3.8, 4) is 27.0 Å². The first kappa shape index (κ1) is 22.5. The Bertz CT molecular complexity index is 1630. The van der Waals surface area contributed by atoms with E-state index in [9.17, 15) is 4.79 Å². The van der Waals surface area contributed by atoms with Crippen molar-refractivity contribution in [3.05, 3.63) is 77.2 Å². The maximum absolute atomic E-state index is 15.5. The number of thiophene rings is 1. The van der Waals surface area contributed by atoms with Crippen LogP contribution in [0.3, 0.4) is 0 Å². The van der Waals surface area contributed by atoms with Crippen molar-refractivity contribution in [1.29, 1.82) is 5.26 Å². The average molecular weight is 516 g/mol. The number of thiazole rings is 1.